The van der Waals surface area contributed by atoms with E-state index >= 15 is 0 Å². The Balaban J connectivity index is 1.38. The summed E-state index contributed by atoms with van der Waals surface area (Å²) in [5, 5.41) is 10.4. The third-order valence-corrected chi connectivity index (χ3v) is 5.14. The first-order valence-electron chi connectivity index (χ1n) is 9.67. The number of aromatic nitrogens is 2. The number of carbonyl (C=O) groups excluding carboxylic acids is 1. The molecule has 1 atom stereocenters. The van der Waals surface area contributed by atoms with Crippen molar-refractivity contribution in [2.75, 3.05) is 18.0 Å². The van der Waals surface area contributed by atoms with Gasteiger partial charge in [-0.25, -0.2) is 8.78 Å². The lowest BCUT2D eigenvalue weighted by atomic mass is 10.0. The first-order valence-corrected chi connectivity index (χ1v) is 9.67. The predicted octanol–water partition coefficient (Wildman–Crippen LogP) is 3.68. The van der Waals surface area contributed by atoms with E-state index in [1.54, 1.807) is 30.3 Å². The van der Waals surface area contributed by atoms with Crippen molar-refractivity contribution in [1.29, 1.82) is 0 Å². The van der Waals surface area contributed by atoms with Crippen molar-refractivity contribution in [2.24, 2.45) is 0 Å². The SMILES string of the molecule is O=C(Cc1ccccc1F)NC1CCCN(c2cc(-c3ccc(F)cc3)[nH]n2)C1. The van der Waals surface area contributed by atoms with Gasteiger partial charge in [0.1, 0.15) is 11.6 Å². The molecule has 29 heavy (non-hydrogen) atoms. The second kappa shape index (κ2) is 8.43. The Kier molecular flexibility index (Phi) is 5.55. The first-order chi connectivity index (χ1) is 14.1. The van der Waals surface area contributed by atoms with Gasteiger partial charge in [-0.2, -0.15) is 5.10 Å². The van der Waals surface area contributed by atoms with E-state index in [1.165, 1.54) is 18.2 Å². The number of piperidine rings is 1. The summed E-state index contributed by atoms with van der Waals surface area (Å²) in [6, 6.07) is 14.5. The molecule has 1 amide bonds. The molecule has 7 heteroatoms. The van der Waals surface area contributed by atoms with Gasteiger partial charge in [0.05, 0.1) is 12.1 Å². The molecule has 2 N–H and O–H groups in total. The second-order valence-corrected chi connectivity index (χ2v) is 7.27. The van der Waals surface area contributed by atoms with Gasteiger partial charge in [-0.3, -0.25) is 9.89 Å². The number of carbonyl (C=O) groups is 1. The van der Waals surface area contributed by atoms with Crippen LogP contribution in [0.5, 0.6) is 0 Å². The standard InChI is InChI=1S/C22H22F2N4O/c23-17-9-7-15(8-10-17)20-13-21(27-26-20)28-11-3-5-18(14-28)25-22(29)12-16-4-1-2-6-19(16)24/h1-2,4,6-10,13,18H,3,5,11-12,14H2,(H,25,29)(H,26,27). The van der Waals surface area contributed by atoms with Crippen LogP contribution in [0.4, 0.5) is 14.6 Å². The van der Waals surface area contributed by atoms with Gasteiger partial charge in [0.15, 0.2) is 5.82 Å². The summed E-state index contributed by atoms with van der Waals surface area (Å²) in [4.78, 5) is 14.5. The number of amides is 1. The maximum Gasteiger partial charge on any atom is 0.224 e. The summed E-state index contributed by atoms with van der Waals surface area (Å²) in [5.74, 6) is -0.0374. The van der Waals surface area contributed by atoms with Gasteiger partial charge in [-0.05, 0) is 54.3 Å². The number of H-pyrrole nitrogens is 1. The van der Waals surface area contributed by atoms with E-state index in [9.17, 15) is 13.6 Å². The molecule has 1 unspecified atom stereocenters. The molecule has 1 saturated heterocycles. The van der Waals surface area contributed by atoms with E-state index in [-0.39, 0.29) is 30.0 Å². The van der Waals surface area contributed by atoms with Crippen LogP contribution in [0.2, 0.25) is 0 Å². The number of nitrogens with one attached hydrogen (secondary N) is 2. The Morgan fingerprint density at radius 2 is 1.97 bits per heavy atom. The van der Waals surface area contributed by atoms with Crippen LogP contribution in [-0.2, 0) is 11.2 Å². The van der Waals surface area contributed by atoms with Crippen molar-refractivity contribution in [3.8, 4) is 11.3 Å². The highest BCUT2D eigenvalue weighted by Crippen LogP contribution is 2.24. The number of benzene rings is 2. The van der Waals surface area contributed by atoms with Gasteiger partial charge < -0.3 is 10.2 Å². The molecular weight excluding hydrogens is 374 g/mol. The lowest BCUT2D eigenvalue weighted by molar-refractivity contribution is -0.121. The van der Waals surface area contributed by atoms with E-state index < -0.39 is 0 Å². The van der Waals surface area contributed by atoms with Crippen LogP contribution < -0.4 is 10.2 Å². The lowest BCUT2D eigenvalue weighted by Crippen LogP contribution is -2.48. The number of hydrogen-bond acceptors (Lipinski definition) is 3. The average Bonchev–Trinajstić information content (AvgIpc) is 3.21. The number of anilines is 1. The summed E-state index contributed by atoms with van der Waals surface area (Å²) in [6.45, 7) is 1.48. The van der Waals surface area contributed by atoms with Crippen LogP contribution in [0.1, 0.15) is 18.4 Å². The number of aromatic amines is 1. The zero-order chi connectivity index (χ0) is 20.2. The Labute approximate surface area is 167 Å². The van der Waals surface area contributed by atoms with Crippen LogP contribution in [-0.4, -0.2) is 35.2 Å². The van der Waals surface area contributed by atoms with Crippen LogP contribution in [0.25, 0.3) is 11.3 Å². The molecule has 0 radical (unpaired) electrons. The molecule has 0 spiro atoms. The average molecular weight is 396 g/mol. The van der Waals surface area contributed by atoms with Crippen LogP contribution in [0.15, 0.2) is 54.6 Å². The molecule has 0 saturated carbocycles. The summed E-state index contributed by atoms with van der Waals surface area (Å²) < 4.78 is 26.9. The Morgan fingerprint density at radius 3 is 2.76 bits per heavy atom. The zero-order valence-corrected chi connectivity index (χ0v) is 15.9. The predicted molar refractivity (Wildman–Crippen MR) is 107 cm³/mol. The molecule has 2 heterocycles. The molecule has 4 rings (SSSR count). The maximum absolute atomic E-state index is 13.8. The van der Waals surface area contributed by atoms with Gasteiger partial charge in [-0.15, -0.1) is 0 Å². The molecule has 150 valence electrons. The number of rotatable bonds is 5. The van der Waals surface area contributed by atoms with Gasteiger partial charge in [0, 0.05) is 25.2 Å². The Bertz CT molecular complexity index is 986. The normalized spacial score (nSPS) is 16.6. The van der Waals surface area contributed by atoms with Crippen LogP contribution in [0, 0.1) is 11.6 Å². The van der Waals surface area contributed by atoms with Crippen molar-refractivity contribution in [2.45, 2.75) is 25.3 Å². The molecule has 5 nitrogen and oxygen atoms in total. The van der Waals surface area contributed by atoms with Crippen molar-refractivity contribution in [1.82, 2.24) is 15.5 Å². The Hall–Kier alpha value is -3.22. The van der Waals surface area contributed by atoms with Crippen molar-refractivity contribution < 1.29 is 13.6 Å². The van der Waals surface area contributed by atoms with E-state index in [1.807, 2.05) is 6.07 Å². The molecule has 2 aromatic carbocycles. The molecule has 1 aliphatic heterocycles. The lowest BCUT2D eigenvalue weighted by Gasteiger charge is -2.33. The summed E-state index contributed by atoms with van der Waals surface area (Å²) in [5.41, 5.74) is 2.07. The molecule has 1 aromatic heterocycles. The highest BCUT2D eigenvalue weighted by molar-refractivity contribution is 5.79. The summed E-state index contributed by atoms with van der Waals surface area (Å²) in [6.07, 6.45) is 1.82. The third-order valence-electron chi connectivity index (χ3n) is 5.14. The fraction of sp³-hybridized carbons (Fsp3) is 0.273. The summed E-state index contributed by atoms with van der Waals surface area (Å²) in [7, 11) is 0. The van der Waals surface area contributed by atoms with Gasteiger partial charge in [0.25, 0.3) is 0 Å². The molecule has 1 fully saturated rings. The fourth-order valence-electron chi connectivity index (χ4n) is 3.65. The summed E-state index contributed by atoms with van der Waals surface area (Å²) >= 11 is 0. The minimum absolute atomic E-state index is 0.0194. The van der Waals surface area contributed by atoms with Gasteiger partial charge in [0.2, 0.25) is 5.91 Å². The maximum atomic E-state index is 13.8. The molecule has 0 bridgehead atoms. The van der Waals surface area contributed by atoms with Crippen molar-refractivity contribution in [3.05, 3.63) is 71.8 Å². The van der Waals surface area contributed by atoms with E-state index in [2.05, 4.69) is 20.4 Å². The van der Waals surface area contributed by atoms with Gasteiger partial charge in [-0.1, -0.05) is 18.2 Å². The molecule has 3 aromatic rings. The van der Waals surface area contributed by atoms with E-state index in [0.717, 1.165) is 36.5 Å². The zero-order valence-electron chi connectivity index (χ0n) is 15.9. The van der Waals surface area contributed by atoms with Crippen molar-refractivity contribution in [3.63, 3.8) is 0 Å². The molecule has 1 aliphatic rings. The highest BCUT2D eigenvalue weighted by atomic mass is 19.1. The number of nitrogens with zero attached hydrogens (tertiary/aromatic N) is 2. The second-order valence-electron chi connectivity index (χ2n) is 7.27. The van der Waals surface area contributed by atoms with Gasteiger partial charge >= 0.3 is 0 Å². The van der Waals surface area contributed by atoms with Crippen molar-refractivity contribution >= 4 is 11.7 Å². The number of halogens is 2. The van der Waals surface area contributed by atoms with Crippen LogP contribution in [0.3, 0.4) is 0 Å². The highest BCUT2D eigenvalue weighted by Gasteiger charge is 2.23. The number of hydrogen-bond donors (Lipinski definition) is 2. The van der Waals surface area contributed by atoms with E-state index in [4.69, 9.17) is 0 Å². The van der Waals surface area contributed by atoms with Crippen LogP contribution >= 0.6 is 0 Å². The smallest absolute Gasteiger partial charge is 0.224 e. The third kappa shape index (κ3) is 4.62. The minimum Gasteiger partial charge on any atom is -0.353 e. The first kappa shape index (κ1) is 19.1. The minimum atomic E-state index is -0.363. The largest absolute Gasteiger partial charge is 0.353 e. The topological polar surface area (TPSA) is 61.0 Å². The van der Waals surface area contributed by atoms with E-state index in [0.29, 0.717) is 12.1 Å². The molecule has 0 aliphatic carbocycles. The fourth-order valence-corrected chi connectivity index (χ4v) is 3.65. The quantitative estimate of drug-likeness (QED) is 0.692. The monoisotopic (exact) mass is 396 g/mol. The molecular formula is C22H22F2N4O. The Morgan fingerprint density at radius 1 is 1.17 bits per heavy atom.